The largest absolute Gasteiger partial charge is 0.573 e. The van der Waals surface area contributed by atoms with E-state index in [1.807, 2.05) is 0 Å². The number of ether oxygens (including phenoxy) is 1. The highest BCUT2D eigenvalue weighted by Gasteiger charge is 2.40. The molecular weight excluding hydrogens is 304 g/mol. The number of alkyl halides is 6. The molecule has 0 aliphatic carbocycles. The number of hydrogen-bond acceptors (Lipinski definition) is 3. The predicted octanol–water partition coefficient (Wildman–Crippen LogP) is 3.27. The van der Waals surface area contributed by atoms with Crippen molar-refractivity contribution in [2.45, 2.75) is 18.6 Å². The number of phenols is 1. The zero-order valence-corrected chi connectivity index (χ0v) is 9.73. The minimum absolute atomic E-state index is 0. The Hall–Kier alpha value is -1.35. The van der Waals surface area contributed by atoms with Gasteiger partial charge in [0, 0.05) is 5.56 Å². The van der Waals surface area contributed by atoms with Crippen LogP contribution in [-0.4, -0.2) is 17.6 Å². The van der Waals surface area contributed by atoms with Crippen LogP contribution in [0.5, 0.6) is 11.5 Å². The molecule has 1 aromatic rings. The fourth-order valence-corrected chi connectivity index (χ4v) is 1.17. The molecule has 0 bridgehead atoms. The first-order valence-corrected chi connectivity index (χ1v) is 4.42. The molecule has 0 unspecified atom stereocenters. The molecule has 0 radical (unpaired) electrons. The summed E-state index contributed by atoms with van der Waals surface area (Å²) >= 11 is 0. The van der Waals surface area contributed by atoms with E-state index in [1.165, 1.54) is 0 Å². The molecule has 1 atom stereocenters. The van der Waals surface area contributed by atoms with Crippen molar-refractivity contribution >= 4 is 12.4 Å². The van der Waals surface area contributed by atoms with Crippen molar-refractivity contribution in [1.82, 2.24) is 0 Å². The van der Waals surface area contributed by atoms with Gasteiger partial charge in [0.15, 0.2) is 11.5 Å². The first-order chi connectivity index (χ1) is 8.02. The lowest BCUT2D eigenvalue weighted by atomic mass is 10.1. The molecule has 1 aromatic carbocycles. The van der Waals surface area contributed by atoms with E-state index in [4.69, 9.17) is 5.73 Å². The molecule has 0 amide bonds. The smallest absolute Gasteiger partial charge is 0.504 e. The Balaban J connectivity index is 0.00000324. The number of phenolic OH excluding ortho intramolecular Hbond substituents is 1. The van der Waals surface area contributed by atoms with Gasteiger partial charge in [-0.05, 0) is 6.07 Å². The first kappa shape index (κ1) is 17.6. The van der Waals surface area contributed by atoms with E-state index in [2.05, 4.69) is 4.74 Å². The van der Waals surface area contributed by atoms with Crippen molar-refractivity contribution in [2.24, 2.45) is 5.73 Å². The van der Waals surface area contributed by atoms with E-state index in [-0.39, 0.29) is 12.4 Å². The molecule has 0 heterocycles. The van der Waals surface area contributed by atoms with E-state index in [0.717, 1.165) is 12.1 Å². The Kier molecular flexibility index (Phi) is 5.33. The van der Waals surface area contributed by atoms with Crippen LogP contribution in [0.25, 0.3) is 0 Å². The van der Waals surface area contributed by atoms with Crippen molar-refractivity contribution in [2.75, 3.05) is 0 Å². The van der Waals surface area contributed by atoms with E-state index < -0.39 is 35.6 Å². The lowest BCUT2D eigenvalue weighted by molar-refractivity contribution is -0.275. The zero-order valence-electron chi connectivity index (χ0n) is 8.92. The van der Waals surface area contributed by atoms with Crippen LogP contribution in [0.1, 0.15) is 11.6 Å². The Morgan fingerprint density at radius 1 is 1.11 bits per heavy atom. The summed E-state index contributed by atoms with van der Waals surface area (Å²) in [6.45, 7) is 0. The van der Waals surface area contributed by atoms with Crippen LogP contribution in [0.3, 0.4) is 0 Å². The maximum absolute atomic E-state index is 12.3. The highest BCUT2D eigenvalue weighted by molar-refractivity contribution is 5.85. The van der Waals surface area contributed by atoms with Crippen molar-refractivity contribution in [3.63, 3.8) is 0 Å². The van der Waals surface area contributed by atoms with Gasteiger partial charge in [0.2, 0.25) is 0 Å². The maximum Gasteiger partial charge on any atom is 0.573 e. The van der Waals surface area contributed by atoms with Crippen molar-refractivity contribution < 1.29 is 36.2 Å². The summed E-state index contributed by atoms with van der Waals surface area (Å²) < 4.78 is 75.9. The molecular formula is C9H8ClF6NO2. The molecule has 1 rings (SSSR count). The Morgan fingerprint density at radius 2 is 1.63 bits per heavy atom. The molecule has 0 fully saturated rings. The number of aromatic hydroxyl groups is 1. The fourth-order valence-electron chi connectivity index (χ4n) is 1.17. The minimum Gasteiger partial charge on any atom is -0.504 e. The summed E-state index contributed by atoms with van der Waals surface area (Å²) in [5.74, 6) is -2.43. The summed E-state index contributed by atoms with van der Waals surface area (Å²) in [4.78, 5) is 0. The summed E-state index contributed by atoms with van der Waals surface area (Å²) in [7, 11) is 0. The van der Waals surface area contributed by atoms with Crippen LogP contribution in [0.15, 0.2) is 18.2 Å². The average molecular weight is 312 g/mol. The van der Waals surface area contributed by atoms with Gasteiger partial charge in [-0.25, -0.2) is 0 Å². The molecule has 0 spiro atoms. The van der Waals surface area contributed by atoms with Gasteiger partial charge < -0.3 is 15.6 Å². The molecule has 0 saturated carbocycles. The maximum atomic E-state index is 12.3. The second-order valence-electron chi connectivity index (χ2n) is 3.26. The number of hydrogen-bond donors (Lipinski definition) is 2. The van der Waals surface area contributed by atoms with E-state index in [9.17, 15) is 31.4 Å². The SMILES string of the molecule is Cl.N[C@@H](c1cccc(OC(F)(F)F)c1O)C(F)(F)F. The molecule has 3 N–H and O–H groups in total. The third-order valence-corrected chi connectivity index (χ3v) is 1.94. The quantitative estimate of drug-likeness (QED) is 0.824. The lowest BCUT2D eigenvalue weighted by Gasteiger charge is -2.19. The summed E-state index contributed by atoms with van der Waals surface area (Å²) in [6.07, 6.45) is -10.0. The van der Waals surface area contributed by atoms with Crippen molar-refractivity contribution in [3.8, 4) is 11.5 Å². The van der Waals surface area contributed by atoms with E-state index in [0.29, 0.717) is 6.07 Å². The Morgan fingerprint density at radius 3 is 2.05 bits per heavy atom. The molecule has 10 heteroatoms. The number of benzene rings is 1. The van der Waals surface area contributed by atoms with Gasteiger partial charge in [-0.15, -0.1) is 25.6 Å². The molecule has 110 valence electrons. The van der Waals surface area contributed by atoms with Crippen LogP contribution in [0, 0.1) is 0 Å². The highest BCUT2D eigenvalue weighted by atomic mass is 35.5. The number of para-hydroxylation sites is 1. The van der Waals surface area contributed by atoms with Gasteiger partial charge in [-0.3, -0.25) is 0 Å². The summed E-state index contributed by atoms with van der Waals surface area (Å²) in [6, 6.07) is -0.303. The fraction of sp³-hybridized carbons (Fsp3) is 0.333. The first-order valence-electron chi connectivity index (χ1n) is 4.42. The van der Waals surface area contributed by atoms with Gasteiger partial charge in [0.05, 0.1) is 0 Å². The predicted molar refractivity (Wildman–Crippen MR) is 55.0 cm³/mol. The van der Waals surface area contributed by atoms with Gasteiger partial charge in [0.1, 0.15) is 6.04 Å². The Labute approximate surface area is 109 Å². The second kappa shape index (κ2) is 5.74. The van der Waals surface area contributed by atoms with Crippen LogP contribution in [-0.2, 0) is 0 Å². The Bertz CT molecular complexity index is 434. The van der Waals surface area contributed by atoms with Crippen molar-refractivity contribution in [1.29, 1.82) is 0 Å². The molecule has 19 heavy (non-hydrogen) atoms. The van der Waals surface area contributed by atoms with Gasteiger partial charge in [0.25, 0.3) is 0 Å². The normalized spacial score (nSPS) is 13.6. The summed E-state index contributed by atoms with van der Waals surface area (Å²) in [5.41, 5.74) is 3.88. The van der Waals surface area contributed by atoms with Gasteiger partial charge in [-0.1, -0.05) is 12.1 Å². The molecule has 0 aliphatic heterocycles. The topological polar surface area (TPSA) is 55.5 Å². The van der Waals surface area contributed by atoms with Gasteiger partial charge >= 0.3 is 12.5 Å². The zero-order chi connectivity index (χ0) is 14.1. The third kappa shape index (κ3) is 4.67. The molecule has 0 aliphatic rings. The van der Waals surface area contributed by atoms with Crippen LogP contribution < -0.4 is 10.5 Å². The standard InChI is InChI=1S/C9H7F6NO2.ClH/c10-8(11,12)7(16)4-2-1-3-5(6(4)17)18-9(13,14)15;/h1-3,7,17H,16H2;1H/t7-;/m0./s1. The number of halogens is 7. The third-order valence-electron chi connectivity index (χ3n) is 1.94. The van der Waals surface area contributed by atoms with E-state index >= 15 is 0 Å². The lowest BCUT2D eigenvalue weighted by Crippen LogP contribution is -2.28. The molecule has 0 saturated heterocycles. The molecule has 0 aromatic heterocycles. The van der Waals surface area contributed by atoms with Gasteiger partial charge in [-0.2, -0.15) is 13.2 Å². The minimum atomic E-state index is -5.13. The molecule has 3 nitrogen and oxygen atoms in total. The van der Waals surface area contributed by atoms with Crippen LogP contribution >= 0.6 is 12.4 Å². The number of nitrogens with two attached hydrogens (primary N) is 1. The highest BCUT2D eigenvalue weighted by Crippen LogP contribution is 2.40. The van der Waals surface area contributed by atoms with Crippen LogP contribution in [0.2, 0.25) is 0 Å². The summed E-state index contributed by atoms with van der Waals surface area (Å²) in [5, 5.41) is 9.28. The van der Waals surface area contributed by atoms with Crippen LogP contribution in [0.4, 0.5) is 26.3 Å². The van der Waals surface area contributed by atoms with Crippen molar-refractivity contribution in [3.05, 3.63) is 23.8 Å². The number of rotatable bonds is 2. The second-order valence-corrected chi connectivity index (χ2v) is 3.26. The monoisotopic (exact) mass is 311 g/mol. The van der Waals surface area contributed by atoms with E-state index in [1.54, 1.807) is 0 Å². The average Bonchev–Trinajstić information content (AvgIpc) is 2.17.